The Hall–Kier alpha value is -1.56. The molecule has 118 valence electrons. The maximum atomic E-state index is 12.5. The molecule has 0 amide bonds. The number of hydrogen-bond donors (Lipinski definition) is 1. The minimum absolute atomic E-state index is 0. The molecule has 2 heterocycles. The Morgan fingerprint density at radius 1 is 1.38 bits per heavy atom. The lowest BCUT2D eigenvalue weighted by Gasteiger charge is -2.15. The average molecular weight is 316 g/mol. The van der Waals surface area contributed by atoms with Crippen LogP contribution in [0.25, 0.3) is 0 Å². The highest BCUT2D eigenvalue weighted by atomic mass is 35.5. The molecule has 0 spiro atoms. The number of anilines is 1. The van der Waals surface area contributed by atoms with Gasteiger partial charge in [0.1, 0.15) is 12.5 Å². The van der Waals surface area contributed by atoms with Crippen molar-refractivity contribution < 1.29 is 4.39 Å². The van der Waals surface area contributed by atoms with Crippen molar-refractivity contribution in [3.63, 3.8) is 0 Å². The highest BCUT2D eigenvalue weighted by Gasteiger charge is 2.11. The molecule has 1 unspecified atom stereocenters. The third kappa shape index (κ3) is 3.97. The molecule has 0 radical (unpaired) electrons. The van der Waals surface area contributed by atoms with Gasteiger partial charge in [-0.1, -0.05) is 6.92 Å². The monoisotopic (exact) mass is 315 g/mol. The van der Waals surface area contributed by atoms with Crippen LogP contribution in [-0.2, 0) is 13.1 Å². The Morgan fingerprint density at radius 2 is 2.14 bits per heavy atom. The van der Waals surface area contributed by atoms with Gasteiger partial charge >= 0.3 is 0 Å². The molecular formula is C14H23ClFN5. The highest BCUT2D eigenvalue weighted by molar-refractivity contribution is 5.85. The smallest absolute Gasteiger partial charge is 0.127 e. The summed E-state index contributed by atoms with van der Waals surface area (Å²) in [5.41, 5.74) is 2.14. The van der Waals surface area contributed by atoms with E-state index in [9.17, 15) is 4.39 Å². The molecule has 2 aromatic rings. The number of alkyl halides is 1. The number of nitrogens with one attached hydrogen (secondary N) is 1. The van der Waals surface area contributed by atoms with Gasteiger partial charge in [0.05, 0.1) is 25.0 Å². The van der Waals surface area contributed by atoms with Crippen LogP contribution in [0.4, 0.5) is 10.2 Å². The maximum absolute atomic E-state index is 12.5. The number of aromatic nitrogens is 4. The van der Waals surface area contributed by atoms with Crippen LogP contribution in [0.5, 0.6) is 0 Å². The van der Waals surface area contributed by atoms with Gasteiger partial charge in [-0.2, -0.15) is 10.2 Å². The van der Waals surface area contributed by atoms with Crippen LogP contribution in [0, 0.1) is 6.92 Å². The summed E-state index contributed by atoms with van der Waals surface area (Å²) < 4.78 is 16.2. The summed E-state index contributed by atoms with van der Waals surface area (Å²) in [5.74, 6) is 0.875. The molecule has 0 aliphatic heterocycles. The summed E-state index contributed by atoms with van der Waals surface area (Å²) >= 11 is 0. The minimum Gasteiger partial charge on any atom is -0.364 e. The second-order valence-electron chi connectivity index (χ2n) is 4.97. The first-order chi connectivity index (χ1) is 9.67. The van der Waals surface area contributed by atoms with Gasteiger partial charge in [0.25, 0.3) is 0 Å². The van der Waals surface area contributed by atoms with Gasteiger partial charge in [-0.15, -0.1) is 12.4 Å². The van der Waals surface area contributed by atoms with Crippen molar-refractivity contribution in [1.82, 2.24) is 19.6 Å². The van der Waals surface area contributed by atoms with E-state index in [1.54, 1.807) is 10.9 Å². The van der Waals surface area contributed by atoms with E-state index in [0.29, 0.717) is 12.6 Å². The Balaban J connectivity index is 0.00000220. The summed E-state index contributed by atoms with van der Waals surface area (Å²) in [4.78, 5) is 0. The zero-order chi connectivity index (χ0) is 14.5. The van der Waals surface area contributed by atoms with Crippen LogP contribution in [0.15, 0.2) is 18.5 Å². The first-order valence-electron chi connectivity index (χ1n) is 7.02. The molecule has 2 rings (SSSR count). The SMILES string of the molecule is CCC(C)n1nccc1CNc1c(C)cnn1CCF.Cl. The van der Waals surface area contributed by atoms with E-state index in [0.717, 1.165) is 23.5 Å². The van der Waals surface area contributed by atoms with Crippen LogP contribution in [0.3, 0.4) is 0 Å². The molecule has 21 heavy (non-hydrogen) atoms. The molecule has 0 bridgehead atoms. The standard InChI is InChI=1S/C14H22FN5.ClH/c1-4-12(3)20-13(5-7-17-20)10-16-14-11(2)9-18-19(14)8-6-15;/h5,7,9,12,16H,4,6,8,10H2,1-3H3;1H. The van der Waals surface area contributed by atoms with Crippen LogP contribution >= 0.6 is 12.4 Å². The van der Waals surface area contributed by atoms with Crippen molar-refractivity contribution in [1.29, 1.82) is 0 Å². The zero-order valence-electron chi connectivity index (χ0n) is 12.7. The molecule has 0 saturated carbocycles. The Bertz CT molecular complexity index is 551. The predicted octanol–water partition coefficient (Wildman–Crippen LogP) is 3.36. The molecular weight excluding hydrogens is 293 g/mol. The lowest BCUT2D eigenvalue weighted by molar-refractivity contribution is 0.428. The van der Waals surface area contributed by atoms with Crippen molar-refractivity contribution >= 4 is 18.2 Å². The van der Waals surface area contributed by atoms with Crippen LogP contribution in [0.1, 0.15) is 37.6 Å². The molecule has 0 saturated heterocycles. The molecule has 0 aromatic carbocycles. The van der Waals surface area contributed by atoms with E-state index in [-0.39, 0.29) is 19.0 Å². The van der Waals surface area contributed by atoms with Crippen molar-refractivity contribution in [3.8, 4) is 0 Å². The fourth-order valence-corrected chi connectivity index (χ4v) is 2.18. The average Bonchev–Trinajstić information content (AvgIpc) is 3.04. The van der Waals surface area contributed by atoms with Gasteiger partial charge in [-0.3, -0.25) is 4.68 Å². The molecule has 0 aliphatic rings. The van der Waals surface area contributed by atoms with E-state index in [4.69, 9.17) is 0 Å². The second-order valence-corrected chi connectivity index (χ2v) is 4.97. The third-order valence-corrected chi connectivity index (χ3v) is 3.52. The van der Waals surface area contributed by atoms with Gasteiger partial charge < -0.3 is 5.32 Å². The third-order valence-electron chi connectivity index (χ3n) is 3.52. The summed E-state index contributed by atoms with van der Waals surface area (Å²) in [5, 5.41) is 11.9. The van der Waals surface area contributed by atoms with E-state index >= 15 is 0 Å². The van der Waals surface area contributed by atoms with Crippen LogP contribution in [-0.4, -0.2) is 26.2 Å². The fraction of sp³-hybridized carbons (Fsp3) is 0.571. The van der Waals surface area contributed by atoms with Gasteiger partial charge in [0.15, 0.2) is 0 Å². The molecule has 1 atom stereocenters. The van der Waals surface area contributed by atoms with Gasteiger partial charge in [0, 0.05) is 17.8 Å². The number of rotatable bonds is 7. The number of nitrogens with zero attached hydrogens (tertiary/aromatic N) is 4. The quantitative estimate of drug-likeness (QED) is 0.852. The molecule has 0 aliphatic carbocycles. The normalized spacial score (nSPS) is 12.0. The lowest BCUT2D eigenvalue weighted by Crippen LogP contribution is -2.15. The van der Waals surface area contributed by atoms with E-state index < -0.39 is 6.67 Å². The van der Waals surface area contributed by atoms with Crippen molar-refractivity contribution in [2.45, 2.75) is 46.3 Å². The largest absolute Gasteiger partial charge is 0.364 e. The van der Waals surface area contributed by atoms with Gasteiger partial charge in [0.2, 0.25) is 0 Å². The number of aryl methyl sites for hydroxylation is 2. The zero-order valence-corrected chi connectivity index (χ0v) is 13.5. The second kappa shape index (κ2) is 8.02. The molecule has 2 aromatic heterocycles. The van der Waals surface area contributed by atoms with Crippen molar-refractivity contribution in [3.05, 3.63) is 29.7 Å². The topological polar surface area (TPSA) is 47.7 Å². The maximum Gasteiger partial charge on any atom is 0.127 e. The first-order valence-corrected chi connectivity index (χ1v) is 7.02. The van der Waals surface area contributed by atoms with E-state index in [2.05, 4.69) is 29.4 Å². The molecule has 7 heteroatoms. The summed E-state index contributed by atoms with van der Waals surface area (Å²) in [6.07, 6.45) is 4.60. The fourth-order valence-electron chi connectivity index (χ4n) is 2.18. The lowest BCUT2D eigenvalue weighted by atomic mass is 10.2. The molecule has 1 N–H and O–H groups in total. The Kier molecular flexibility index (Phi) is 6.68. The summed E-state index contributed by atoms with van der Waals surface area (Å²) in [6.45, 7) is 6.78. The molecule has 5 nitrogen and oxygen atoms in total. The van der Waals surface area contributed by atoms with Crippen LogP contribution in [0.2, 0.25) is 0 Å². The highest BCUT2D eigenvalue weighted by Crippen LogP contribution is 2.17. The Labute approximate surface area is 130 Å². The number of hydrogen-bond acceptors (Lipinski definition) is 3. The van der Waals surface area contributed by atoms with E-state index in [1.807, 2.05) is 23.9 Å². The first kappa shape index (κ1) is 17.5. The van der Waals surface area contributed by atoms with Crippen LogP contribution < -0.4 is 5.32 Å². The minimum atomic E-state index is -0.416. The summed E-state index contributed by atoms with van der Waals surface area (Å²) in [7, 11) is 0. The molecule has 0 fully saturated rings. The van der Waals surface area contributed by atoms with Gasteiger partial charge in [-0.05, 0) is 26.3 Å². The van der Waals surface area contributed by atoms with Gasteiger partial charge in [-0.25, -0.2) is 9.07 Å². The Morgan fingerprint density at radius 3 is 2.81 bits per heavy atom. The van der Waals surface area contributed by atoms with Crippen molar-refractivity contribution in [2.75, 3.05) is 12.0 Å². The summed E-state index contributed by atoms with van der Waals surface area (Å²) in [6, 6.07) is 2.38. The van der Waals surface area contributed by atoms with E-state index in [1.165, 1.54) is 0 Å². The van der Waals surface area contributed by atoms with Crippen molar-refractivity contribution in [2.24, 2.45) is 0 Å². The predicted molar refractivity (Wildman–Crippen MR) is 84.7 cm³/mol. The number of halogens is 2.